The van der Waals surface area contributed by atoms with Crippen LogP contribution in [-0.2, 0) is 0 Å². The van der Waals surface area contributed by atoms with Gasteiger partial charge in [0, 0.05) is 18.2 Å². The second-order valence-corrected chi connectivity index (χ2v) is 9.47. The van der Waals surface area contributed by atoms with Gasteiger partial charge in [-0.15, -0.1) is 0 Å². The highest BCUT2D eigenvalue weighted by Crippen LogP contribution is 2.39. The quantitative estimate of drug-likeness (QED) is 0.699. The van der Waals surface area contributed by atoms with Gasteiger partial charge in [-0.05, 0) is 55.7 Å². The van der Waals surface area contributed by atoms with E-state index in [0.717, 1.165) is 31.4 Å². The number of hydrogen-bond acceptors (Lipinski definition) is 5. The van der Waals surface area contributed by atoms with Crippen molar-refractivity contribution in [1.29, 1.82) is 0 Å². The normalized spacial score (nSPS) is 23.7. The number of methoxy groups -OCH3 is 2. The highest BCUT2D eigenvalue weighted by molar-refractivity contribution is 6.19. The van der Waals surface area contributed by atoms with Crippen molar-refractivity contribution in [2.75, 3.05) is 32.2 Å². The molecule has 8 nitrogen and oxygen atoms in total. The smallest absolute Gasteiger partial charge is 0.328 e. The summed E-state index contributed by atoms with van der Waals surface area (Å²) in [6.07, 6.45) is 6.22. The highest BCUT2D eigenvalue weighted by atomic mass is 16.5. The lowest BCUT2D eigenvalue weighted by Crippen LogP contribution is -2.53. The average molecular weight is 477 g/mol. The van der Waals surface area contributed by atoms with Crippen LogP contribution in [-0.4, -0.2) is 61.6 Å². The molecule has 5 rings (SSSR count). The number of benzene rings is 2. The molecular formula is C27H32N4O4. The number of aliphatic imine (C=N–C) groups is 1. The van der Waals surface area contributed by atoms with Crippen LogP contribution in [0, 0.1) is 0 Å². The molecule has 8 heteroatoms. The number of carbonyl (C=O) groups is 2. The lowest BCUT2D eigenvalue weighted by molar-refractivity contribution is 0.0788. The molecular weight excluding hydrogens is 444 g/mol. The first-order valence-electron chi connectivity index (χ1n) is 12.3. The van der Waals surface area contributed by atoms with Gasteiger partial charge in [-0.3, -0.25) is 20.0 Å². The van der Waals surface area contributed by atoms with E-state index >= 15 is 0 Å². The van der Waals surface area contributed by atoms with E-state index in [9.17, 15) is 9.59 Å². The molecule has 0 bridgehead atoms. The zero-order valence-electron chi connectivity index (χ0n) is 20.3. The Morgan fingerprint density at radius 2 is 1.77 bits per heavy atom. The Hall–Kier alpha value is -3.55. The molecule has 1 aliphatic carbocycles. The SMILES string of the molecule is COc1ccc(C(=O)N2CCC3(C2)C(=NC2CCCCC2)NC(=O)N3c2cccc(OC)c2)cc1. The lowest BCUT2D eigenvalue weighted by Gasteiger charge is -2.34. The summed E-state index contributed by atoms with van der Waals surface area (Å²) in [5.74, 6) is 2.00. The number of hydrogen-bond donors (Lipinski definition) is 1. The Morgan fingerprint density at radius 3 is 2.49 bits per heavy atom. The topological polar surface area (TPSA) is 83.5 Å². The Kier molecular flexibility index (Phi) is 6.36. The van der Waals surface area contributed by atoms with E-state index in [1.165, 1.54) is 6.42 Å². The maximum Gasteiger partial charge on any atom is 0.328 e. The zero-order valence-corrected chi connectivity index (χ0v) is 20.3. The van der Waals surface area contributed by atoms with Crippen LogP contribution in [0.3, 0.4) is 0 Å². The second-order valence-electron chi connectivity index (χ2n) is 9.47. The Labute approximate surface area is 205 Å². The number of rotatable bonds is 5. The minimum Gasteiger partial charge on any atom is -0.497 e. The number of amides is 3. The van der Waals surface area contributed by atoms with Gasteiger partial charge in [0.05, 0.1) is 32.5 Å². The van der Waals surface area contributed by atoms with Gasteiger partial charge in [0.2, 0.25) is 0 Å². The van der Waals surface area contributed by atoms with Crippen molar-refractivity contribution < 1.29 is 19.1 Å². The van der Waals surface area contributed by atoms with Gasteiger partial charge in [0.1, 0.15) is 22.9 Å². The molecule has 2 saturated heterocycles. The van der Waals surface area contributed by atoms with Crippen LogP contribution in [0.2, 0.25) is 0 Å². The van der Waals surface area contributed by atoms with Crippen LogP contribution in [0.4, 0.5) is 10.5 Å². The van der Waals surface area contributed by atoms with Gasteiger partial charge in [-0.1, -0.05) is 25.3 Å². The molecule has 0 radical (unpaired) electrons. The third-order valence-corrected chi connectivity index (χ3v) is 7.37. The molecule has 2 aromatic rings. The Bertz CT molecular complexity index is 1130. The number of anilines is 1. The number of urea groups is 1. The highest BCUT2D eigenvalue weighted by Gasteiger charge is 2.56. The van der Waals surface area contributed by atoms with Crippen LogP contribution >= 0.6 is 0 Å². The van der Waals surface area contributed by atoms with E-state index in [4.69, 9.17) is 14.5 Å². The van der Waals surface area contributed by atoms with Gasteiger partial charge in [-0.25, -0.2) is 4.79 Å². The summed E-state index contributed by atoms with van der Waals surface area (Å²) in [7, 11) is 3.21. The van der Waals surface area contributed by atoms with E-state index in [2.05, 4.69) is 5.32 Å². The van der Waals surface area contributed by atoms with Crippen LogP contribution < -0.4 is 19.7 Å². The zero-order chi connectivity index (χ0) is 24.4. The van der Waals surface area contributed by atoms with E-state index in [1.807, 2.05) is 29.2 Å². The molecule has 3 fully saturated rings. The third kappa shape index (κ3) is 4.33. The van der Waals surface area contributed by atoms with Crippen molar-refractivity contribution in [3.05, 3.63) is 54.1 Å². The number of carbonyl (C=O) groups excluding carboxylic acids is 2. The largest absolute Gasteiger partial charge is 0.497 e. The number of nitrogens with zero attached hydrogens (tertiary/aromatic N) is 3. The maximum atomic E-state index is 13.4. The van der Waals surface area contributed by atoms with Crippen LogP contribution in [0.15, 0.2) is 53.5 Å². The molecule has 2 heterocycles. The standard InChI is InChI=1S/C27H32N4O4/c1-34-22-13-11-19(12-14-22)24(32)30-16-15-27(18-30)25(28-20-7-4-3-5-8-20)29-26(33)31(27)21-9-6-10-23(17-21)35-2/h6,9-14,17,20H,3-5,7-8,15-16,18H2,1-2H3,(H,28,29,33). The molecule has 3 aliphatic rings. The molecule has 2 aromatic carbocycles. The first-order valence-corrected chi connectivity index (χ1v) is 12.3. The average Bonchev–Trinajstić information content (AvgIpc) is 3.45. The van der Waals surface area contributed by atoms with E-state index in [0.29, 0.717) is 42.4 Å². The van der Waals surface area contributed by atoms with Gasteiger partial charge >= 0.3 is 6.03 Å². The predicted octanol–water partition coefficient (Wildman–Crippen LogP) is 4.25. The van der Waals surface area contributed by atoms with E-state index < -0.39 is 5.54 Å². The molecule has 1 unspecified atom stereocenters. The fraction of sp³-hybridized carbons (Fsp3) is 0.444. The van der Waals surface area contributed by atoms with Crippen LogP contribution in [0.5, 0.6) is 11.5 Å². The van der Waals surface area contributed by atoms with Crippen molar-refractivity contribution in [3.8, 4) is 11.5 Å². The van der Waals surface area contributed by atoms with Crippen molar-refractivity contribution in [3.63, 3.8) is 0 Å². The monoisotopic (exact) mass is 476 g/mol. The first-order chi connectivity index (χ1) is 17.0. The molecule has 184 valence electrons. The van der Waals surface area contributed by atoms with E-state index in [1.54, 1.807) is 43.4 Å². The van der Waals surface area contributed by atoms with E-state index in [-0.39, 0.29) is 18.0 Å². The van der Waals surface area contributed by atoms with Crippen molar-refractivity contribution in [2.45, 2.75) is 50.1 Å². The second kappa shape index (κ2) is 9.60. The van der Waals surface area contributed by atoms with Gasteiger partial charge in [0.15, 0.2) is 0 Å². The van der Waals surface area contributed by atoms with Gasteiger partial charge in [-0.2, -0.15) is 0 Å². The molecule has 1 atom stereocenters. The number of ether oxygens (including phenoxy) is 2. The minimum atomic E-state index is -0.733. The van der Waals surface area contributed by atoms with Crippen molar-refractivity contribution in [1.82, 2.24) is 10.2 Å². The van der Waals surface area contributed by atoms with Gasteiger partial charge < -0.3 is 14.4 Å². The molecule has 3 amide bonds. The van der Waals surface area contributed by atoms with Gasteiger partial charge in [0.25, 0.3) is 5.91 Å². The van der Waals surface area contributed by atoms with Crippen LogP contribution in [0.1, 0.15) is 48.9 Å². The van der Waals surface area contributed by atoms with Crippen molar-refractivity contribution in [2.24, 2.45) is 4.99 Å². The fourth-order valence-corrected chi connectivity index (χ4v) is 5.49. The molecule has 1 spiro atoms. The number of likely N-dealkylation sites (tertiary alicyclic amines) is 1. The summed E-state index contributed by atoms with van der Waals surface area (Å²) in [4.78, 5) is 35.5. The predicted molar refractivity (Wildman–Crippen MR) is 135 cm³/mol. The molecule has 1 N–H and O–H groups in total. The van der Waals surface area contributed by atoms with Crippen LogP contribution in [0.25, 0.3) is 0 Å². The maximum absolute atomic E-state index is 13.4. The summed E-state index contributed by atoms with van der Waals surface area (Å²) in [5, 5.41) is 3.08. The molecule has 0 aromatic heterocycles. The summed E-state index contributed by atoms with van der Waals surface area (Å²) in [6, 6.07) is 14.6. The molecule has 35 heavy (non-hydrogen) atoms. The molecule has 2 aliphatic heterocycles. The number of amidine groups is 1. The summed E-state index contributed by atoms with van der Waals surface area (Å²) < 4.78 is 10.6. The number of nitrogens with one attached hydrogen (secondary N) is 1. The van der Waals surface area contributed by atoms with Crippen molar-refractivity contribution >= 4 is 23.5 Å². The molecule has 1 saturated carbocycles. The first kappa shape index (κ1) is 23.2. The fourth-order valence-electron chi connectivity index (χ4n) is 5.49. The summed E-state index contributed by atoms with van der Waals surface area (Å²) >= 11 is 0. The summed E-state index contributed by atoms with van der Waals surface area (Å²) in [6.45, 7) is 0.906. The Morgan fingerprint density at radius 1 is 1.03 bits per heavy atom. The Balaban J connectivity index is 1.50. The third-order valence-electron chi connectivity index (χ3n) is 7.37. The minimum absolute atomic E-state index is 0.0634. The summed E-state index contributed by atoms with van der Waals surface area (Å²) in [5.41, 5.74) is 0.594. The lowest BCUT2D eigenvalue weighted by atomic mass is 9.93.